The number of pyridine rings is 1. The molecule has 1 N–H and O–H groups in total. The lowest BCUT2D eigenvalue weighted by Crippen LogP contribution is -2.55. The zero-order chi connectivity index (χ0) is 35.3. The Labute approximate surface area is 283 Å². The average Bonchev–Trinajstić information content (AvgIpc) is 2.97. The highest BCUT2D eigenvalue weighted by Crippen LogP contribution is 2.33. The number of methoxy groups -OCH3 is 2. The Morgan fingerprint density at radius 3 is 2.13 bits per heavy atom. The number of rotatable bonds is 15. The highest BCUT2D eigenvalue weighted by molar-refractivity contribution is 9.10. The van der Waals surface area contributed by atoms with E-state index in [2.05, 4.69) is 30.0 Å². The Balaban J connectivity index is 2.90. The normalized spacial score (nSPS) is 16.1. The summed E-state index contributed by atoms with van der Waals surface area (Å²) < 4.78 is 104. The second-order valence-electron chi connectivity index (χ2n) is 12.4. The molecule has 0 saturated heterocycles. The summed E-state index contributed by atoms with van der Waals surface area (Å²) in [5, 5.41) is 0.501. The van der Waals surface area contributed by atoms with Gasteiger partial charge in [-0.2, -0.15) is 13.2 Å². The minimum Gasteiger partial charge on any atom is -0.497 e. The quantitative estimate of drug-likeness (QED) is 0.119. The van der Waals surface area contributed by atoms with Gasteiger partial charge in [-0.25, -0.2) is 31.2 Å². The molecular weight excluding hydrogens is 728 g/mol. The van der Waals surface area contributed by atoms with Gasteiger partial charge in [0.2, 0.25) is 0 Å². The lowest BCUT2D eigenvalue weighted by Gasteiger charge is -2.37. The zero-order valence-electron chi connectivity index (χ0n) is 28.2. The maximum Gasteiger partial charge on any atom is 0.408 e. The molecule has 8 nitrogen and oxygen atoms in total. The van der Waals surface area contributed by atoms with Crippen molar-refractivity contribution < 1.29 is 35.5 Å². The van der Waals surface area contributed by atoms with Crippen LogP contribution in [0.4, 0.5) is 17.6 Å². The molecule has 0 fully saturated rings. The van der Waals surface area contributed by atoms with Crippen LogP contribution in [0.3, 0.4) is 0 Å². The predicted molar refractivity (Wildman–Crippen MR) is 184 cm³/mol. The number of halogens is 5. The molecule has 0 aliphatic carbocycles. The number of hydrogen-bond acceptors (Lipinski definition) is 6. The predicted octanol–water partition coefficient (Wildman–Crippen LogP) is 7.06. The molecule has 2 unspecified atom stereocenters. The summed E-state index contributed by atoms with van der Waals surface area (Å²) in [7, 11) is -3.94. The number of alkyl halides is 3. The third kappa shape index (κ3) is 9.74. The molecule has 0 aliphatic rings. The molecule has 1 aromatic carbocycles. The summed E-state index contributed by atoms with van der Waals surface area (Å²) in [5.74, 6) is -0.447. The van der Waals surface area contributed by atoms with Gasteiger partial charge in [0, 0.05) is 25.2 Å². The van der Waals surface area contributed by atoms with Gasteiger partial charge in [0.15, 0.2) is 0 Å². The van der Waals surface area contributed by atoms with Gasteiger partial charge < -0.3 is 9.47 Å². The van der Waals surface area contributed by atoms with Gasteiger partial charge in [-0.05, 0) is 60.9 Å². The summed E-state index contributed by atoms with van der Waals surface area (Å²) in [4.78, 5) is 4.46. The van der Waals surface area contributed by atoms with Gasteiger partial charge in [0.1, 0.15) is 38.4 Å². The topological polar surface area (TPSA) is 93.1 Å². The number of aromatic nitrogens is 1. The van der Waals surface area contributed by atoms with E-state index < -0.39 is 63.6 Å². The molecular formula is C30H47BrF4N4O4S2Si. The van der Waals surface area contributed by atoms with Crippen molar-refractivity contribution in [2.75, 3.05) is 33.6 Å². The van der Waals surface area contributed by atoms with Gasteiger partial charge in [-0.1, -0.05) is 45.0 Å². The molecule has 0 amide bonds. The molecule has 0 spiro atoms. The first kappa shape index (κ1) is 40.6. The van der Waals surface area contributed by atoms with Crippen molar-refractivity contribution >= 4 is 50.1 Å². The second kappa shape index (κ2) is 15.7. The van der Waals surface area contributed by atoms with Crippen LogP contribution in [0.25, 0.3) is 0 Å². The fourth-order valence-corrected chi connectivity index (χ4v) is 12.6. The maximum absolute atomic E-state index is 16.9. The number of nitrogens with zero attached hydrogens (tertiary/aromatic N) is 3. The third-order valence-corrected chi connectivity index (χ3v) is 18.5. The van der Waals surface area contributed by atoms with Crippen LogP contribution in [-0.4, -0.2) is 70.3 Å². The van der Waals surface area contributed by atoms with Crippen molar-refractivity contribution in [1.82, 2.24) is 14.0 Å². The molecule has 0 saturated carbocycles. The first-order chi connectivity index (χ1) is 21.1. The standard InChI is InChI=1S/C30H47BrF4N4O4S2Si/c1-11-46(12-2,13-3)24-17-25(31)37-27(26(24)32)29(7,38-44(40)28(4,5)6)20-45(41,36-19-30(33,34)35)39(8)18-21-14-15-22(42-9)16-23(21)43-10/h14-17,38H,11-13,18-20H2,1-10H3/t29-,44?,45?/m0/s1. The van der Waals surface area contributed by atoms with Crippen LogP contribution in [0.15, 0.2) is 33.2 Å². The minimum atomic E-state index is -4.76. The molecule has 46 heavy (non-hydrogen) atoms. The highest BCUT2D eigenvalue weighted by Gasteiger charge is 2.44. The first-order valence-corrected chi connectivity index (χ1v) is 21.1. The molecule has 2 aromatic rings. The summed E-state index contributed by atoms with van der Waals surface area (Å²) in [5.41, 5.74) is -1.47. The lowest BCUT2D eigenvalue weighted by molar-refractivity contribution is -0.117. The van der Waals surface area contributed by atoms with Crippen molar-refractivity contribution in [1.29, 1.82) is 0 Å². The molecule has 0 radical (unpaired) electrons. The van der Waals surface area contributed by atoms with Crippen LogP contribution in [0, 0.1) is 5.82 Å². The summed E-state index contributed by atoms with van der Waals surface area (Å²) in [6.07, 6.45) is -4.76. The van der Waals surface area contributed by atoms with Gasteiger partial charge >= 0.3 is 6.18 Å². The van der Waals surface area contributed by atoms with Gasteiger partial charge in [0.05, 0.1) is 55.0 Å². The van der Waals surface area contributed by atoms with Gasteiger partial charge in [0.25, 0.3) is 0 Å². The Bertz CT molecular complexity index is 1500. The van der Waals surface area contributed by atoms with Crippen LogP contribution < -0.4 is 19.4 Å². The van der Waals surface area contributed by atoms with Crippen molar-refractivity contribution in [3.8, 4) is 11.5 Å². The Morgan fingerprint density at radius 2 is 1.65 bits per heavy atom. The van der Waals surface area contributed by atoms with Crippen LogP contribution >= 0.6 is 15.9 Å². The molecule has 262 valence electrons. The average molecular weight is 776 g/mol. The summed E-state index contributed by atoms with van der Waals surface area (Å²) >= 11 is 3.43. The lowest BCUT2D eigenvalue weighted by atomic mass is 10.0. The summed E-state index contributed by atoms with van der Waals surface area (Å²) in [6, 6.07) is 8.79. The van der Waals surface area contributed by atoms with Crippen LogP contribution in [0.1, 0.15) is 59.7 Å². The highest BCUT2D eigenvalue weighted by atomic mass is 79.9. The molecule has 2 rings (SSSR count). The maximum atomic E-state index is 16.9. The Morgan fingerprint density at radius 1 is 1.07 bits per heavy atom. The SMILES string of the molecule is CC[Si](CC)(CC)c1cc(Br)nc([C@](C)(CS(=O)(=NCC(F)(F)F)N(C)Cc2ccc(OC)cc2OC)NS(=O)C(C)(C)C)c1F. The van der Waals surface area contributed by atoms with E-state index in [0.29, 0.717) is 26.9 Å². The van der Waals surface area contributed by atoms with Crippen molar-refractivity contribution in [2.45, 2.75) is 89.6 Å². The van der Waals surface area contributed by atoms with Crippen molar-refractivity contribution in [2.24, 2.45) is 4.36 Å². The van der Waals surface area contributed by atoms with Crippen molar-refractivity contribution in [3.05, 3.63) is 45.9 Å². The van der Waals surface area contributed by atoms with Gasteiger partial charge in [-0.15, -0.1) is 0 Å². The first-order valence-electron chi connectivity index (χ1n) is 14.9. The van der Waals surface area contributed by atoms with E-state index in [0.717, 1.165) is 18.1 Å². The number of nitrogens with one attached hydrogen (secondary N) is 1. The van der Waals surface area contributed by atoms with E-state index in [1.165, 1.54) is 32.5 Å². The van der Waals surface area contributed by atoms with Crippen LogP contribution in [0.5, 0.6) is 11.5 Å². The third-order valence-electron chi connectivity index (χ3n) is 8.22. The van der Waals surface area contributed by atoms with Crippen molar-refractivity contribution in [3.63, 3.8) is 0 Å². The van der Waals surface area contributed by atoms with E-state index in [1.807, 2.05) is 20.8 Å². The number of benzene rings is 1. The van der Waals surface area contributed by atoms with Crippen LogP contribution in [-0.2, 0) is 33.0 Å². The Hall–Kier alpha value is -1.59. The van der Waals surface area contributed by atoms with E-state index in [1.54, 1.807) is 45.0 Å². The van der Waals surface area contributed by atoms with Gasteiger partial charge in [-0.3, -0.25) is 0 Å². The van der Waals surface area contributed by atoms with E-state index >= 15 is 4.39 Å². The zero-order valence-corrected chi connectivity index (χ0v) is 32.5. The van der Waals surface area contributed by atoms with E-state index in [9.17, 15) is 21.6 Å². The minimum absolute atomic E-state index is 0.136. The largest absolute Gasteiger partial charge is 0.497 e. The molecule has 3 atom stereocenters. The fraction of sp³-hybridized carbons (Fsp3) is 0.633. The molecule has 1 aromatic heterocycles. The Kier molecular flexibility index (Phi) is 13.9. The molecule has 16 heteroatoms. The number of hydrogen-bond donors (Lipinski definition) is 1. The number of ether oxygens (including phenoxy) is 2. The molecule has 0 aliphatic heterocycles. The van der Waals surface area contributed by atoms with E-state index in [-0.39, 0.29) is 12.2 Å². The second-order valence-corrected chi connectivity index (χ2v) is 22.8. The van der Waals surface area contributed by atoms with E-state index in [4.69, 9.17) is 9.47 Å². The molecule has 0 bridgehead atoms. The fourth-order valence-electron chi connectivity index (χ4n) is 5.20. The smallest absolute Gasteiger partial charge is 0.408 e. The summed E-state index contributed by atoms with van der Waals surface area (Å²) in [6.45, 7) is 10.8. The molecule has 1 heterocycles. The van der Waals surface area contributed by atoms with Crippen LogP contribution in [0.2, 0.25) is 18.1 Å². The monoisotopic (exact) mass is 774 g/mol.